The summed E-state index contributed by atoms with van der Waals surface area (Å²) in [7, 11) is 0. The number of thiophene rings is 1. The van der Waals surface area contributed by atoms with E-state index in [2.05, 4.69) is 16.8 Å². The molecule has 1 aromatic heterocycles. The van der Waals surface area contributed by atoms with Gasteiger partial charge in [0.25, 0.3) is 0 Å². The Hall–Kier alpha value is -0.870. The Balaban J connectivity index is 1.64. The SMILES string of the molecule is NC1CC(C(=O)NCCc2cccs2)C1. The monoisotopic (exact) mass is 224 g/mol. The third kappa shape index (κ3) is 2.79. The molecule has 82 valence electrons. The van der Waals surface area contributed by atoms with Gasteiger partial charge in [0.15, 0.2) is 0 Å². The zero-order chi connectivity index (χ0) is 10.7. The van der Waals surface area contributed by atoms with Gasteiger partial charge in [0.05, 0.1) is 0 Å². The highest BCUT2D eigenvalue weighted by molar-refractivity contribution is 7.09. The minimum Gasteiger partial charge on any atom is -0.355 e. The molecule has 0 bridgehead atoms. The van der Waals surface area contributed by atoms with E-state index in [0.717, 1.165) is 25.8 Å². The first-order valence-corrected chi connectivity index (χ1v) is 6.19. The molecule has 1 aromatic rings. The normalized spacial score (nSPS) is 24.6. The van der Waals surface area contributed by atoms with Gasteiger partial charge in [-0.15, -0.1) is 11.3 Å². The van der Waals surface area contributed by atoms with Gasteiger partial charge in [-0.3, -0.25) is 4.79 Å². The molecule has 15 heavy (non-hydrogen) atoms. The van der Waals surface area contributed by atoms with Crippen LogP contribution < -0.4 is 11.1 Å². The van der Waals surface area contributed by atoms with Crippen LogP contribution in [0.3, 0.4) is 0 Å². The lowest BCUT2D eigenvalue weighted by molar-refractivity contribution is -0.127. The van der Waals surface area contributed by atoms with Crippen LogP contribution in [0.15, 0.2) is 17.5 Å². The van der Waals surface area contributed by atoms with E-state index >= 15 is 0 Å². The number of carbonyl (C=O) groups excluding carboxylic acids is 1. The maximum atomic E-state index is 11.5. The number of hydrogen-bond donors (Lipinski definition) is 2. The molecule has 1 aliphatic rings. The summed E-state index contributed by atoms with van der Waals surface area (Å²) in [5, 5.41) is 5.01. The van der Waals surface area contributed by atoms with Crippen molar-refractivity contribution in [3.63, 3.8) is 0 Å². The molecular weight excluding hydrogens is 208 g/mol. The van der Waals surface area contributed by atoms with E-state index in [0.29, 0.717) is 0 Å². The molecule has 0 aliphatic heterocycles. The van der Waals surface area contributed by atoms with Gasteiger partial charge in [-0.05, 0) is 30.7 Å². The first kappa shape index (κ1) is 10.6. The van der Waals surface area contributed by atoms with Gasteiger partial charge in [0.2, 0.25) is 5.91 Å². The van der Waals surface area contributed by atoms with E-state index in [-0.39, 0.29) is 17.9 Å². The van der Waals surface area contributed by atoms with Crippen LogP contribution in [0, 0.1) is 5.92 Å². The second-order valence-corrected chi connectivity index (χ2v) is 5.08. The van der Waals surface area contributed by atoms with E-state index in [1.807, 2.05) is 6.07 Å². The zero-order valence-electron chi connectivity index (χ0n) is 8.61. The average molecular weight is 224 g/mol. The van der Waals surface area contributed by atoms with Crippen molar-refractivity contribution in [2.75, 3.05) is 6.54 Å². The Morgan fingerprint density at radius 1 is 1.60 bits per heavy atom. The van der Waals surface area contributed by atoms with E-state index in [4.69, 9.17) is 5.73 Å². The molecule has 0 atom stereocenters. The highest BCUT2D eigenvalue weighted by atomic mass is 32.1. The molecule has 4 heteroatoms. The van der Waals surface area contributed by atoms with Gasteiger partial charge < -0.3 is 11.1 Å². The molecule has 0 radical (unpaired) electrons. The Kier molecular flexibility index (Phi) is 3.38. The predicted molar refractivity (Wildman–Crippen MR) is 61.7 cm³/mol. The summed E-state index contributed by atoms with van der Waals surface area (Å²) in [6, 6.07) is 4.38. The minimum absolute atomic E-state index is 0.170. The fourth-order valence-corrected chi connectivity index (χ4v) is 2.49. The van der Waals surface area contributed by atoms with Crippen molar-refractivity contribution < 1.29 is 4.79 Å². The summed E-state index contributed by atoms with van der Waals surface area (Å²) in [5.41, 5.74) is 5.63. The van der Waals surface area contributed by atoms with E-state index in [1.165, 1.54) is 4.88 Å². The number of hydrogen-bond acceptors (Lipinski definition) is 3. The summed E-state index contributed by atoms with van der Waals surface area (Å²) in [5.74, 6) is 0.344. The van der Waals surface area contributed by atoms with Crippen molar-refractivity contribution in [3.8, 4) is 0 Å². The maximum Gasteiger partial charge on any atom is 0.223 e. The van der Waals surface area contributed by atoms with Crippen molar-refractivity contribution in [1.29, 1.82) is 0 Å². The van der Waals surface area contributed by atoms with Gasteiger partial charge in [0.1, 0.15) is 0 Å². The summed E-state index contributed by atoms with van der Waals surface area (Å²) >= 11 is 1.73. The first-order chi connectivity index (χ1) is 7.25. The largest absolute Gasteiger partial charge is 0.355 e. The van der Waals surface area contributed by atoms with Crippen molar-refractivity contribution in [2.45, 2.75) is 25.3 Å². The van der Waals surface area contributed by atoms with Crippen molar-refractivity contribution in [3.05, 3.63) is 22.4 Å². The number of nitrogens with two attached hydrogens (primary N) is 1. The third-order valence-electron chi connectivity index (χ3n) is 2.80. The highest BCUT2D eigenvalue weighted by Gasteiger charge is 2.31. The molecule has 3 N–H and O–H groups in total. The minimum atomic E-state index is 0.170. The summed E-state index contributed by atoms with van der Waals surface area (Å²) in [6.45, 7) is 0.741. The molecule has 3 nitrogen and oxygen atoms in total. The van der Waals surface area contributed by atoms with Crippen LogP contribution in [0.1, 0.15) is 17.7 Å². The van der Waals surface area contributed by atoms with Crippen LogP contribution in [0.25, 0.3) is 0 Å². The first-order valence-electron chi connectivity index (χ1n) is 5.31. The van der Waals surface area contributed by atoms with Gasteiger partial charge >= 0.3 is 0 Å². The molecule has 0 spiro atoms. The second kappa shape index (κ2) is 4.77. The lowest BCUT2D eigenvalue weighted by Gasteiger charge is -2.31. The Labute approximate surface area is 93.7 Å². The number of rotatable bonds is 4. The van der Waals surface area contributed by atoms with Gasteiger partial charge in [-0.2, -0.15) is 0 Å². The molecule has 1 aliphatic carbocycles. The molecule has 0 unspecified atom stereocenters. The van der Waals surface area contributed by atoms with Crippen LogP contribution in [0.4, 0.5) is 0 Å². The third-order valence-corrected chi connectivity index (χ3v) is 3.73. The molecule has 1 amide bonds. The Morgan fingerprint density at radius 2 is 2.40 bits per heavy atom. The number of amides is 1. The van der Waals surface area contributed by atoms with E-state index in [1.54, 1.807) is 11.3 Å². The van der Waals surface area contributed by atoms with Crippen LogP contribution >= 0.6 is 11.3 Å². The molecule has 1 saturated carbocycles. The summed E-state index contributed by atoms with van der Waals surface area (Å²) < 4.78 is 0. The van der Waals surface area contributed by atoms with E-state index in [9.17, 15) is 4.79 Å². The lowest BCUT2D eigenvalue weighted by atomic mass is 9.80. The molecule has 0 saturated heterocycles. The van der Waals surface area contributed by atoms with Crippen LogP contribution in [0.5, 0.6) is 0 Å². The molecule has 2 rings (SSSR count). The second-order valence-electron chi connectivity index (χ2n) is 4.05. The smallest absolute Gasteiger partial charge is 0.223 e. The van der Waals surface area contributed by atoms with Crippen LogP contribution in [-0.4, -0.2) is 18.5 Å². The molecule has 1 fully saturated rings. The fraction of sp³-hybridized carbons (Fsp3) is 0.545. The fourth-order valence-electron chi connectivity index (χ4n) is 1.78. The lowest BCUT2D eigenvalue weighted by Crippen LogP contribution is -2.45. The average Bonchev–Trinajstić information content (AvgIpc) is 2.65. The van der Waals surface area contributed by atoms with Gasteiger partial charge in [0, 0.05) is 23.4 Å². The summed E-state index contributed by atoms with van der Waals surface area (Å²) in [4.78, 5) is 12.9. The summed E-state index contributed by atoms with van der Waals surface area (Å²) in [6.07, 6.45) is 2.64. The van der Waals surface area contributed by atoms with Crippen molar-refractivity contribution >= 4 is 17.2 Å². The predicted octanol–water partition coefficient (Wildman–Crippen LogP) is 1.14. The quantitative estimate of drug-likeness (QED) is 0.806. The molecular formula is C11H16N2OS. The number of nitrogens with one attached hydrogen (secondary N) is 1. The highest BCUT2D eigenvalue weighted by Crippen LogP contribution is 2.25. The molecule has 1 heterocycles. The van der Waals surface area contributed by atoms with Crippen molar-refractivity contribution in [2.24, 2.45) is 11.7 Å². The molecule has 0 aromatic carbocycles. The standard InChI is InChI=1S/C11H16N2OS/c12-9-6-8(7-9)11(14)13-4-3-10-2-1-5-15-10/h1-2,5,8-9H,3-4,6-7,12H2,(H,13,14). The van der Waals surface area contributed by atoms with Crippen LogP contribution in [0.2, 0.25) is 0 Å². The van der Waals surface area contributed by atoms with Gasteiger partial charge in [-0.1, -0.05) is 6.07 Å². The Bertz CT molecular complexity index is 317. The number of carbonyl (C=O) groups is 1. The topological polar surface area (TPSA) is 55.1 Å². The van der Waals surface area contributed by atoms with E-state index < -0.39 is 0 Å². The Morgan fingerprint density at radius 3 is 3.00 bits per heavy atom. The maximum absolute atomic E-state index is 11.5. The van der Waals surface area contributed by atoms with Gasteiger partial charge in [-0.25, -0.2) is 0 Å². The van der Waals surface area contributed by atoms with Crippen LogP contribution in [-0.2, 0) is 11.2 Å². The van der Waals surface area contributed by atoms with Crippen molar-refractivity contribution in [1.82, 2.24) is 5.32 Å². The zero-order valence-corrected chi connectivity index (χ0v) is 9.43.